The summed E-state index contributed by atoms with van der Waals surface area (Å²) in [4.78, 5) is 27.1. The molecule has 32 heavy (non-hydrogen) atoms. The third-order valence-electron chi connectivity index (χ3n) is 6.46. The van der Waals surface area contributed by atoms with E-state index in [0.29, 0.717) is 5.92 Å². The molecular weight excluding hydrogens is 416 g/mol. The van der Waals surface area contributed by atoms with Crippen LogP contribution in [-0.2, 0) is 16.1 Å². The van der Waals surface area contributed by atoms with E-state index in [1.165, 1.54) is 12.6 Å². The molecule has 2 fully saturated rings. The number of ether oxygens (including phenoxy) is 2. The number of aromatic amines is 1. The molecule has 0 bridgehead atoms. The fraction of sp³-hybridized carbons (Fsp3) is 0.565. The molecule has 0 spiro atoms. The van der Waals surface area contributed by atoms with Crippen molar-refractivity contribution in [1.29, 1.82) is 0 Å². The first-order valence-corrected chi connectivity index (χ1v) is 11.1. The second kappa shape index (κ2) is 10.1. The smallest absolute Gasteiger partial charge is 0.330 e. The van der Waals surface area contributed by atoms with E-state index in [0.717, 1.165) is 35.8 Å². The minimum atomic E-state index is -1.43. The van der Waals surface area contributed by atoms with Crippen LogP contribution in [0.25, 0.3) is 0 Å². The highest BCUT2D eigenvalue weighted by molar-refractivity contribution is 5.19. The molecule has 0 amide bonds. The van der Waals surface area contributed by atoms with Crippen molar-refractivity contribution >= 4 is 0 Å². The molecule has 2 aliphatic rings. The summed E-state index contributed by atoms with van der Waals surface area (Å²) < 4.78 is 12.7. The molecule has 174 valence electrons. The van der Waals surface area contributed by atoms with Crippen LogP contribution in [0.4, 0.5) is 0 Å². The van der Waals surface area contributed by atoms with E-state index < -0.39 is 42.4 Å². The van der Waals surface area contributed by atoms with Crippen LogP contribution in [0.15, 0.2) is 46.1 Å². The van der Waals surface area contributed by atoms with Gasteiger partial charge in [0.2, 0.25) is 0 Å². The van der Waals surface area contributed by atoms with Crippen LogP contribution >= 0.6 is 0 Å². The van der Waals surface area contributed by atoms with Gasteiger partial charge in [-0.3, -0.25) is 14.3 Å². The molecule has 1 saturated heterocycles. The quantitative estimate of drug-likeness (QED) is 0.498. The van der Waals surface area contributed by atoms with Crippen molar-refractivity contribution in [2.45, 2.75) is 69.4 Å². The molecule has 5 atom stereocenters. The topological polar surface area (TPSA) is 134 Å². The predicted molar refractivity (Wildman–Crippen MR) is 115 cm³/mol. The maximum atomic E-state index is 12.5. The number of nitrogens with zero attached hydrogens (tertiary/aromatic N) is 1. The van der Waals surface area contributed by atoms with Crippen molar-refractivity contribution in [3.05, 3.63) is 68.5 Å². The summed E-state index contributed by atoms with van der Waals surface area (Å²) >= 11 is 0. The first-order valence-electron chi connectivity index (χ1n) is 11.1. The van der Waals surface area contributed by atoms with E-state index in [-0.39, 0.29) is 18.3 Å². The number of hydrogen-bond donors (Lipinski definition) is 4. The molecule has 1 unspecified atom stereocenters. The van der Waals surface area contributed by atoms with Crippen LogP contribution in [0.2, 0.25) is 0 Å². The minimum absolute atomic E-state index is 0.0273. The largest absolute Gasteiger partial charge is 0.394 e. The highest BCUT2D eigenvalue weighted by Crippen LogP contribution is 2.37. The normalized spacial score (nSPS) is 27.5. The van der Waals surface area contributed by atoms with Crippen molar-refractivity contribution < 1.29 is 24.8 Å². The Bertz CT molecular complexity index is 999. The fourth-order valence-electron chi connectivity index (χ4n) is 4.69. The molecule has 4 rings (SSSR count). The van der Waals surface area contributed by atoms with Gasteiger partial charge in [-0.25, -0.2) is 4.79 Å². The highest BCUT2D eigenvalue weighted by Gasteiger charge is 2.43. The maximum absolute atomic E-state index is 12.5. The zero-order valence-electron chi connectivity index (χ0n) is 17.8. The van der Waals surface area contributed by atoms with Gasteiger partial charge in [-0.15, -0.1) is 0 Å². The molecule has 1 aliphatic heterocycles. The van der Waals surface area contributed by atoms with Crippen LogP contribution < -0.4 is 11.2 Å². The van der Waals surface area contributed by atoms with Crippen LogP contribution in [0.3, 0.4) is 0 Å². The van der Waals surface area contributed by atoms with Gasteiger partial charge in [-0.1, -0.05) is 49.6 Å². The van der Waals surface area contributed by atoms with E-state index in [1.807, 2.05) is 30.3 Å². The predicted octanol–water partition coefficient (Wildman–Crippen LogP) is 0.986. The van der Waals surface area contributed by atoms with Gasteiger partial charge in [0.1, 0.15) is 18.3 Å². The monoisotopic (exact) mass is 446 g/mol. The standard InChI is InChI=1S/C23H30N2O7/c26-12-17-18(27)19(28)22(32-17)25-11-16(21(29)24-23(25)30)13-31-20(14-7-3-1-4-8-14)15-9-5-2-6-10-15/h1,3-4,7-8,11,15,17-20,22,26-28H,2,5-6,9-10,12-13H2,(H,24,29,30)/t17-,18-,19-,20?,22-/m1/s1. The Morgan fingerprint density at radius 2 is 1.81 bits per heavy atom. The lowest BCUT2D eigenvalue weighted by molar-refractivity contribution is -0.0557. The second-order valence-electron chi connectivity index (χ2n) is 8.59. The summed E-state index contributed by atoms with van der Waals surface area (Å²) in [6, 6.07) is 9.91. The lowest BCUT2D eigenvalue weighted by Gasteiger charge is -2.30. The number of aromatic nitrogens is 2. The van der Waals surface area contributed by atoms with E-state index in [2.05, 4.69) is 4.98 Å². The number of benzene rings is 1. The summed E-state index contributed by atoms with van der Waals surface area (Å²) in [7, 11) is 0. The molecule has 1 aliphatic carbocycles. The average molecular weight is 447 g/mol. The first kappa shape index (κ1) is 22.9. The molecule has 1 aromatic carbocycles. The maximum Gasteiger partial charge on any atom is 0.330 e. The summed E-state index contributed by atoms with van der Waals surface area (Å²) in [6.07, 6.45) is 1.71. The Morgan fingerprint density at radius 1 is 1.09 bits per heavy atom. The Labute approximate surface area is 185 Å². The van der Waals surface area contributed by atoms with Crippen LogP contribution in [-0.4, -0.2) is 49.8 Å². The Balaban J connectivity index is 1.57. The zero-order chi connectivity index (χ0) is 22.7. The van der Waals surface area contributed by atoms with Crippen LogP contribution in [0, 0.1) is 5.92 Å². The third-order valence-corrected chi connectivity index (χ3v) is 6.46. The van der Waals surface area contributed by atoms with Crippen LogP contribution in [0.1, 0.15) is 55.6 Å². The van der Waals surface area contributed by atoms with Gasteiger partial charge in [0.25, 0.3) is 5.56 Å². The Hall–Kier alpha value is -2.30. The SMILES string of the molecule is O=c1[nH]c(=O)n([C@@H]2O[C@H](CO)[C@@H](O)[C@H]2O)cc1COC(c1ccccc1)C1CCCCC1. The Kier molecular flexibility index (Phi) is 7.22. The fourth-order valence-corrected chi connectivity index (χ4v) is 4.69. The number of aliphatic hydroxyl groups is 3. The van der Waals surface area contributed by atoms with E-state index in [1.54, 1.807) is 0 Å². The van der Waals surface area contributed by atoms with Gasteiger partial charge < -0.3 is 24.8 Å². The highest BCUT2D eigenvalue weighted by atomic mass is 16.6. The molecule has 9 heteroatoms. The second-order valence-corrected chi connectivity index (χ2v) is 8.59. The third kappa shape index (κ3) is 4.72. The van der Waals surface area contributed by atoms with Crippen molar-refractivity contribution in [2.24, 2.45) is 5.92 Å². The molecule has 1 aromatic heterocycles. The summed E-state index contributed by atoms with van der Waals surface area (Å²) in [6.45, 7) is -0.538. The summed E-state index contributed by atoms with van der Waals surface area (Å²) in [5.41, 5.74) is -0.0967. The summed E-state index contributed by atoms with van der Waals surface area (Å²) in [5.74, 6) is 0.344. The van der Waals surface area contributed by atoms with E-state index in [9.17, 15) is 24.9 Å². The van der Waals surface area contributed by atoms with Gasteiger partial charge in [0.05, 0.1) is 24.9 Å². The molecule has 9 nitrogen and oxygen atoms in total. The van der Waals surface area contributed by atoms with Gasteiger partial charge in [-0.05, 0) is 24.3 Å². The zero-order valence-corrected chi connectivity index (χ0v) is 17.8. The average Bonchev–Trinajstić information content (AvgIpc) is 3.10. The first-order chi connectivity index (χ1) is 15.5. The van der Waals surface area contributed by atoms with Crippen molar-refractivity contribution in [2.75, 3.05) is 6.61 Å². The minimum Gasteiger partial charge on any atom is -0.394 e. The Morgan fingerprint density at radius 3 is 2.47 bits per heavy atom. The van der Waals surface area contributed by atoms with E-state index >= 15 is 0 Å². The van der Waals surface area contributed by atoms with Crippen molar-refractivity contribution in [3.8, 4) is 0 Å². The molecule has 4 N–H and O–H groups in total. The number of hydrogen-bond acceptors (Lipinski definition) is 7. The molecule has 0 radical (unpaired) electrons. The van der Waals surface area contributed by atoms with Crippen molar-refractivity contribution in [1.82, 2.24) is 9.55 Å². The molecule has 2 heterocycles. The molecular formula is C23H30N2O7. The lowest BCUT2D eigenvalue weighted by Crippen LogP contribution is -2.39. The van der Waals surface area contributed by atoms with Gasteiger partial charge in [0, 0.05) is 6.20 Å². The van der Waals surface area contributed by atoms with Crippen LogP contribution in [0.5, 0.6) is 0 Å². The molecule has 2 aromatic rings. The number of aliphatic hydroxyl groups excluding tert-OH is 3. The number of nitrogens with one attached hydrogen (secondary N) is 1. The number of rotatable bonds is 7. The van der Waals surface area contributed by atoms with Crippen molar-refractivity contribution in [3.63, 3.8) is 0 Å². The van der Waals surface area contributed by atoms with Gasteiger partial charge in [-0.2, -0.15) is 0 Å². The molecule has 1 saturated carbocycles. The van der Waals surface area contributed by atoms with Gasteiger partial charge >= 0.3 is 5.69 Å². The summed E-state index contributed by atoms with van der Waals surface area (Å²) in [5, 5.41) is 29.6. The lowest BCUT2D eigenvalue weighted by atomic mass is 9.82. The van der Waals surface area contributed by atoms with E-state index in [4.69, 9.17) is 9.47 Å². The van der Waals surface area contributed by atoms with Gasteiger partial charge in [0.15, 0.2) is 6.23 Å². The number of H-pyrrole nitrogens is 1.